The minimum atomic E-state index is -0.840. The van der Waals surface area contributed by atoms with Gasteiger partial charge in [-0.1, -0.05) is 13.8 Å². The lowest BCUT2D eigenvalue weighted by atomic mass is 10.1. The molecule has 5 nitrogen and oxygen atoms in total. The summed E-state index contributed by atoms with van der Waals surface area (Å²) in [4.78, 5) is 22.4. The Morgan fingerprint density at radius 1 is 1.44 bits per heavy atom. The Morgan fingerprint density at radius 3 is 2.67 bits per heavy atom. The third kappa shape index (κ3) is 5.14. The summed E-state index contributed by atoms with van der Waals surface area (Å²) in [5.41, 5.74) is 0. The number of carbonyl (C=O) groups excluding carboxylic acids is 2. The number of carbonyl (C=O) groups is 2. The Labute approximate surface area is 108 Å². The molecule has 0 aromatic heterocycles. The van der Waals surface area contributed by atoms with Crippen LogP contribution in [-0.4, -0.2) is 36.9 Å². The predicted octanol–water partition coefficient (Wildman–Crippen LogP) is 1.68. The number of hydrogen-bond acceptors (Lipinski definition) is 5. The Hall–Kier alpha value is -0.940. The molecule has 5 heteroatoms. The van der Waals surface area contributed by atoms with E-state index in [1.54, 1.807) is 13.8 Å². The first-order valence-corrected chi connectivity index (χ1v) is 6.29. The van der Waals surface area contributed by atoms with Gasteiger partial charge in [0.25, 0.3) is 0 Å². The Balaban J connectivity index is 2.45. The quantitative estimate of drug-likeness (QED) is 0.554. The van der Waals surface area contributed by atoms with Gasteiger partial charge in [-0.15, -0.1) is 0 Å². The van der Waals surface area contributed by atoms with Crippen molar-refractivity contribution in [2.75, 3.05) is 6.61 Å². The molecule has 2 atom stereocenters. The van der Waals surface area contributed by atoms with Crippen molar-refractivity contribution in [3.8, 4) is 0 Å². The molecule has 1 heterocycles. The molecule has 0 spiro atoms. The summed E-state index contributed by atoms with van der Waals surface area (Å²) in [7, 11) is 0. The second-order valence-electron chi connectivity index (χ2n) is 5.45. The summed E-state index contributed by atoms with van der Waals surface area (Å²) in [6.45, 7) is 7.82. The molecule has 0 amide bonds. The van der Waals surface area contributed by atoms with Crippen LogP contribution in [0.3, 0.4) is 0 Å². The first-order chi connectivity index (χ1) is 8.32. The lowest BCUT2D eigenvalue weighted by Crippen LogP contribution is -2.46. The normalized spacial score (nSPS) is 26.9. The van der Waals surface area contributed by atoms with Crippen molar-refractivity contribution < 1.29 is 23.8 Å². The van der Waals surface area contributed by atoms with E-state index in [4.69, 9.17) is 14.2 Å². The first-order valence-electron chi connectivity index (χ1n) is 6.29. The molecule has 1 fully saturated rings. The third-order valence-electron chi connectivity index (χ3n) is 2.50. The molecule has 0 saturated carbocycles. The van der Waals surface area contributed by atoms with Gasteiger partial charge in [0.15, 0.2) is 5.79 Å². The summed E-state index contributed by atoms with van der Waals surface area (Å²) >= 11 is 0. The number of ether oxygens (including phenoxy) is 3. The first kappa shape index (κ1) is 15.1. The van der Waals surface area contributed by atoms with E-state index in [-0.39, 0.29) is 18.5 Å². The van der Waals surface area contributed by atoms with Gasteiger partial charge < -0.3 is 19.0 Å². The van der Waals surface area contributed by atoms with Gasteiger partial charge in [-0.05, 0) is 19.8 Å². The van der Waals surface area contributed by atoms with E-state index in [0.29, 0.717) is 18.9 Å². The van der Waals surface area contributed by atoms with Crippen LogP contribution in [0.5, 0.6) is 0 Å². The smallest absolute Gasteiger partial charge is 0.308 e. The van der Waals surface area contributed by atoms with E-state index in [2.05, 4.69) is 0 Å². The van der Waals surface area contributed by atoms with Crippen LogP contribution in [0.4, 0.5) is 0 Å². The highest BCUT2D eigenvalue weighted by Gasteiger charge is 2.36. The van der Waals surface area contributed by atoms with E-state index in [1.165, 1.54) is 0 Å². The minimum Gasteiger partial charge on any atom is -0.465 e. The maximum absolute atomic E-state index is 11.6. The fourth-order valence-electron chi connectivity index (χ4n) is 1.86. The zero-order chi connectivity index (χ0) is 13.8. The van der Waals surface area contributed by atoms with Gasteiger partial charge in [-0.3, -0.25) is 4.79 Å². The van der Waals surface area contributed by atoms with E-state index >= 15 is 0 Å². The predicted molar refractivity (Wildman–Crippen MR) is 64.9 cm³/mol. The maximum atomic E-state index is 11.6. The SMILES string of the molecule is CC(C)COC(=O)C[C@H]1C[C@@H](C=O)OC(C)(C)O1. The van der Waals surface area contributed by atoms with E-state index in [1.807, 2.05) is 13.8 Å². The molecule has 18 heavy (non-hydrogen) atoms. The van der Waals surface area contributed by atoms with Gasteiger partial charge in [-0.2, -0.15) is 0 Å². The molecule has 0 aromatic carbocycles. The Bertz CT molecular complexity index is 298. The topological polar surface area (TPSA) is 61.8 Å². The van der Waals surface area contributed by atoms with E-state index < -0.39 is 11.9 Å². The highest BCUT2D eigenvalue weighted by Crippen LogP contribution is 2.27. The van der Waals surface area contributed by atoms with Gasteiger partial charge in [-0.25, -0.2) is 0 Å². The molecule has 104 valence electrons. The molecule has 0 N–H and O–H groups in total. The Kier molecular flexibility index (Phi) is 5.28. The molecule has 1 aliphatic heterocycles. The van der Waals surface area contributed by atoms with Crippen LogP contribution in [0.25, 0.3) is 0 Å². The van der Waals surface area contributed by atoms with Gasteiger partial charge >= 0.3 is 5.97 Å². The van der Waals surface area contributed by atoms with Crippen molar-refractivity contribution in [1.29, 1.82) is 0 Å². The van der Waals surface area contributed by atoms with Crippen LogP contribution in [0.2, 0.25) is 0 Å². The summed E-state index contributed by atoms with van der Waals surface area (Å²) in [5, 5.41) is 0. The standard InChI is InChI=1S/C13H22O5/c1-9(2)8-16-12(15)6-10-5-11(7-14)18-13(3,4)17-10/h7,9-11H,5-6,8H2,1-4H3/t10-,11+/m1/s1. The van der Waals surface area contributed by atoms with Crippen LogP contribution >= 0.6 is 0 Å². The van der Waals surface area contributed by atoms with Crippen LogP contribution in [0.1, 0.15) is 40.5 Å². The molecule has 1 saturated heterocycles. The second-order valence-corrected chi connectivity index (χ2v) is 5.45. The van der Waals surface area contributed by atoms with Crippen LogP contribution < -0.4 is 0 Å². The molecular weight excluding hydrogens is 236 g/mol. The lowest BCUT2D eigenvalue weighted by Gasteiger charge is -2.38. The van der Waals surface area contributed by atoms with E-state index in [0.717, 1.165) is 6.29 Å². The molecule has 0 aromatic rings. The van der Waals surface area contributed by atoms with Gasteiger partial charge in [0.05, 0.1) is 19.1 Å². The van der Waals surface area contributed by atoms with Gasteiger partial charge in [0, 0.05) is 6.42 Å². The number of aldehydes is 1. The van der Waals surface area contributed by atoms with Crippen molar-refractivity contribution in [2.45, 2.75) is 58.5 Å². The monoisotopic (exact) mass is 258 g/mol. The van der Waals surface area contributed by atoms with Crippen LogP contribution in [0.15, 0.2) is 0 Å². The van der Waals surface area contributed by atoms with Gasteiger partial charge in [0.1, 0.15) is 12.4 Å². The molecule has 0 unspecified atom stereocenters. The highest BCUT2D eigenvalue weighted by atomic mass is 16.7. The highest BCUT2D eigenvalue weighted by molar-refractivity contribution is 5.70. The fraction of sp³-hybridized carbons (Fsp3) is 0.846. The third-order valence-corrected chi connectivity index (χ3v) is 2.50. The van der Waals surface area contributed by atoms with Crippen LogP contribution in [-0.2, 0) is 23.8 Å². The van der Waals surface area contributed by atoms with Crippen molar-refractivity contribution in [3.05, 3.63) is 0 Å². The molecular formula is C13H22O5. The maximum Gasteiger partial charge on any atom is 0.308 e. The Morgan fingerprint density at radius 2 is 2.11 bits per heavy atom. The van der Waals surface area contributed by atoms with Crippen molar-refractivity contribution in [2.24, 2.45) is 5.92 Å². The van der Waals surface area contributed by atoms with Crippen molar-refractivity contribution in [1.82, 2.24) is 0 Å². The summed E-state index contributed by atoms with van der Waals surface area (Å²) in [6.07, 6.45) is 0.449. The number of esters is 1. The largest absolute Gasteiger partial charge is 0.465 e. The van der Waals surface area contributed by atoms with E-state index in [9.17, 15) is 9.59 Å². The number of hydrogen-bond donors (Lipinski definition) is 0. The number of rotatable bonds is 5. The zero-order valence-electron chi connectivity index (χ0n) is 11.5. The molecule has 1 aliphatic rings. The average molecular weight is 258 g/mol. The summed E-state index contributed by atoms with van der Waals surface area (Å²) in [6, 6.07) is 0. The van der Waals surface area contributed by atoms with Crippen molar-refractivity contribution in [3.63, 3.8) is 0 Å². The summed E-state index contributed by atoms with van der Waals surface area (Å²) in [5.74, 6) is -0.827. The average Bonchev–Trinajstić information content (AvgIpc) is 2.24. The minimum absolute atomic E-state index is 0.157. The van der Waals surface area contributed by atoms with Crippen molar-refractivity contribution >= 4 is 12.3 Å². The summed E-state index contributed by atoms with van der Waals surface area (Å²) < 4.78 is 16.1. The van der Waals surface area contributed by atoms with Crippen LogP contribution in [0, 0.1) is 5.92 Å². The molecule has 0 aliphatic carbocycles. The molecule has 0 radical (unpaired) electrons. The second kappa shape index (κ2) is 6.29. The zero-order valence-corrected chi connectivity index (χ0v) is 11.5. The van der Waals surface area contributed by atoms with Gasteiger partial charge in [0.2, 0.25) is 0 Å². The molecule has 1 rings (SSSR count). The lowest BCUT2D eigenvalue weighted by molar-refractivity contribution is -0.291. The molecule has 0 bridgehead atoms. The fourth-order valence-corrected chi connectivity index (χ4v) is 1.86.